The monoisotopic (exact) mass is 323 g/mol. The maximum Gasteiger partial charge on any atom is 0.156 e. The first-order chi connectivity index (χ1) is 10.4. The third kappa shape index (κ3) is 2.42. The number of hydrogen-bond donors (Lipinski definition) is 1. The SMILES string of the molecule is N#CCc1ccc(F)cc1C1(O)CC2CCCC(C1)S2(=O)=O. The minimum absolute atomic E-state index is 0.0695. The van der Waals surface area contributed by atoms with E-state index in [2.05, 4.69) is 0 Å². The number of rotatable bonds is 2. The smallest absolute Gasteiger partial charge is 0.156 e. The van der Waals surface area contributed by atoms with Crippen molar-refractivity contribution in [3.05, 3.63) is 35.1 Å². The maximum absolute atomic E-state index is 13.6. The zero-order valence-electron chi connectivity index (χ0n) is 12.1. The second kappa shape index (κ2) is 5.32. The fraction of sp³-hybridized carbons (Fsp3) is 0.562. The van der Waals surface area contributed by atoms with Crippen molar-refractivity contribution < 1.29 is 17.9 Å². The molecule has 0 saturated carbocycles. The van der Waals surface area contributed by atoms with Crippen molar-refractivity contribution in [3.63, 3.8) is 0 Å². The van der Waals surface area contributed by atoms with Crippen LogP contribution < -0.4 is 0 Å². The highest BCUT2D eigenvalue weighted by molar-refractivity contribution is 7.92. The minimum Gasteiger partial charge on any atom is -0.385 e. The van der Waals surface area contributed by atoms with Gasteiger partial charge in [0.1, 0.15) is 5.82 Å². The van der Waals surface area contributed by atoms with Crippen LogP contribution in [0.4, 0.5) is 4.39 Å². The van der Waals surface area contributed by atoms with Gasteiger partial charge in [-0.1, -0.05) is 12.5 Å². The summed E-state index contributed by atoms with van der Waals surface area (Å²) in [4.78, 5) is 0. The topological polar surface area (TPSA) is 78.2 Å². The van der Waals surface area contributed by atoms with E-state index < -0.39 is 31.8 Å². The van der Waals surface area contributed by atoms with E-state index in [1.165, 1.54) is 18.2 Å². The number of nitrogens with zero attached hydrogens (tertiary/aromatic N) is 1. The number of halogens is 1. The molecule has 2 aliphatic heterocycles. The first-order valence-electron chi connectivity index (χ1n) is 7.48. The molecular formula is C16H18FNO3S. The normalized spacial score (nSPS) is 33.1. The van der Waals surface area contributed by atoms with Crippen LogP contribution in [-0.2, 0) is 21.9 Å². The van der Waals surface area contributed by atoms with Crippen LogP contribution in [0.5, 0.6) is 0 Å². The third-order valence-corrected chi connectivity index (χ3v) is 7.62. The summed E-state index contributed by atoms with van der Waals surface area (Å²) in [6.45, 7) is 0. The Labute approximate surface area is 129 Å². The van der Waals surface area contributed by atoms with Crippen molar-refractivity contribution in [1.82, 2.24) is 0 Å². The van der Waals surface area contributed by atoms with E-state index in [0.29, 0.717) is 24.0 Å². The van der Waals surface area contributed by atoms with Crippen LogP contribution >= 0.6 is 0 Å². The number of nitriles is 1. The van der Waals surface area contributed by atoms with Gasteiger partial charge in [0.05, 0.1) is 28.6 Å². The van der Waals surface area contributed by atoms with Crippen LogP contribution in [0.2, 0.25) is 0 Å². The zero-order valence-corrected chi connectivity index (χ0v) is 12.9. The Bertz CT molecular complexity index is 718. The molecule has 2 fully saturated rings. The largest absolute Gasteiger partial charge is 0.385 e. The minimum atomic E-state index is -3.20. The van der Waals surface area contributed by atoms with Crippen LogP contribution in [0.3, 0.4) is 0 Å². The lowest BCUT2D eigenvalue weighted by Gasteiger charge is -2.44. The fourth-order valence-corrected chi connectivity index (χ4v) is 6.44. The second-order valence-corrected chi connectivity index (χ2v) is 8.85. The van der Waals surface area contributed by atoms with Gasteiger partial charge in [0.2, 0.25) is 0 Å². The van der Waals surface area contributed by atoms with Crippen LogP contribution in [0.1, 0.15) is 43.2 Å². The Hall–Kier alpha value is -1.45. The van der Waals surface area contributed by atoms with Crippen LogP contribution in [0, 0.1) is 17.1 Å². The third-order valence-electron chi connectivity index (χ3n) is 4.95. The summed E-state index contributed by atoms with van der Waals surface area (Å²) in [5, 5.41) is 18.9. The summed E-state index contributed by atoms with van der Waals surface area (Å²) in [7, 11) is -3.20. The molecule has 1 N–H and O–H groups in total. The Morgan fingerprint density at radius 3 is 2.55 bits per heavy atom. The number of benzene rings is 1. The molecule has 2 aliphatic rings. The Morgan fingerprint density at radius 2 is 1.95 bits per heavy atom. The van der Waals surface area contributed by atoms with E-state index in [9.17, 15) is 17.9 Å². The molecule has 0 aliphatic carbocycles. The van der Waals surface area contributed by atoms with Gasteiger partial charge in [-0.25, -0.2) is 12.8 Å². The van der Waals surface area contributed by atoms with Gasteiger partial charge in [0.15, 0.2) is 9.84 Å². The highest BCUT2D eigenvalue weighted by Gasteiger charge is 2.51. The van der Waals surface area contributed by atoms with Crippen LogP contribution in [-0.4, -0.2) is 24.0 Å². The van der Waals surface area contributed by atoms with Crippen molar-refractivity contribution in [3.8, 4) is 6.07 Å². The molecule has 118 valence electrons. The molecule has 22 heavy (non-hydrogen) atoms. The molecule has 4 nitrogen and oxygen atoms in total. The van der Waals surface area contributed by atoms with E-state index in [0.717, 1.165) is 6.42 Å². The van der Waals surface area contributed by atoms with E-state index in [1.54, 1.807) is 0 Å². The maximum atomic E-state index is 13.6. The van der Waals surface area contributed by atoms with Gasteiger partial charge >= 0.3 is 0 Å². The van der Waals surface area contributed by atoms with Crippen molar-refractivity contribution in [2.45, 2.75) is 54.6 Å². The molecule has 1 aromatic carbocycles. The average molecular weight is 323 g/mol. The van der Waals surface area contributed by atoms with Gasteiger partial charge in [0.25, 0.3) is 0 Å². The molecule has 6 heteroatoms. The first kappa shape index (κ1) is 15.4. The zero-order chi connectivity index (χ0) is 16.0. The van der Waals surface area contributed by atoms with E-state index in [1.807, 2.05) is 6.07 Å². The van der Waals surface area contributed by atoms with E-state index in [4.69, 9.17) is 5.26 Å². The summed E-state index contributed by atoms with van der Waals surface area (Å²) in [6, 6.07) is 6.03. The highest BCUT2D eigenvalue weighted by atomic mass is 32.2. The Balaban J connectivity index is 2.05. The van der Waals surface area contributed by atoms with Crippen LogP contribution in [0.15, 0.2) is 18.2 Å². The highest BCUT2D eigenvalue weighted by Crippen LogP contribution is 2.47. The molecule has 0 spiro atoms. The van der Waals surface area contributed by atoms with Crippen LogP contribution in [0.25, 0.3) is 0 Å². The standard InChI is InChI=1S/C16H18FNO3S/c17-12-5-4-11(6-7-18)15(8-12)16(19)9-13-2-1-3-14(10-16)22(13,20)21/h4-5,8,13-14,19H,1-3,6,9-10H2. The van der Waals surface area contributed by atoms with Gasteiger partial charge in [-0.15, -0.1) is 0 Å². The molecule has 0 amide bonds. The first-order valence-corrected chi connectivity index (χ1v) is 9.09. The molecule has 2 unspecified atom stereocenters. The van der Waals surface area contributed by atoms with Gasteiger partial charge in [-0.05, 0) is 48.9 Å². The van der Waals surface area contributed by atoms with Gasteiger partial charge < -0.3 is 5.11 Å². The van der Waals surface area contributed by atoms with Crippen molar-refractivity contribution in [1.29, 1.82) is 5.26 Å². The molecule has 2 bridgehead atoms. The Morgan fingerprint density at radius 1 is 1.32 bits per heavy atom. The molecule has 1 aromatic rings. The molecule has 3 rings (SSSR count). The average Bonchev–Trinajstić information content (AvgIpc) is 2.43. The summed E-state index contributed by atoms with van der Waals surface area (Å²) in [6.07, 6.45) is 2.19. The molecule has 2 saturated heterocycles. The fourth-order valence-electron chi connectivity index (χ4n) is 3.89. The molecule has 0 aromatic heterocycles. The van der Waals surface area contributed by atoms with Crippen molar-refractivity contribution in [2.24, 2.45) is 0 Å². The summed E-state index contributed by atoms with van der Waals surface area (Å²) in [5.41, 5.74) is -0.417. The molecule has 2 heterocycles. The lowest BCUT2D eigenvalue weighted by Crippen LogP contribution is -2.50. The number of aliphatic hydroxyl groups is 1. The predicted molar refractivity (Wildman–Crippen MR) is 79.2 cm³/mol. The lowest BCUT2D eigenvalue weighted by atomic mass is 9.78. The van der Waals surface area contributed by atoms with Crippen molar-refractivity contribution in [2.75, 3.05) is 0 Å². The number of sulfone groups is 1. The summed E-state index contributed by atoms with van der Waals surface area (Å²) >= 11 is 0. The predicted octanol–water partition coefficient (Wildman–Crippen LogP) is 2.21. The number of fused-ring (bicyclic) bond motifs is 2. The van der Waals surface area contributed by atoms with Gasteiger partial charge in [-0.2, -0.15) is 5.26 Å². The van der Waals surface area contributed by atoms with Crippen molar-refractivity contribution >= 4 is 9.84 Å². The Kier molecular flexibility index (Phi) is 3.74. The van der Waals surface area contributed by atoms with Gasteiger partial charge in [-0.3, -0.25) is 0 Å². The summed E-state index contributed by atoms with van der Waals surface area (Å²) in [5.74, 6) is -0.483. The lowest BCUT2D eigenvalue weighted by molar-refractivity contribution is 0.00407. The molecule has 2 atom stereocenters. The molecule has 0 radical (unpaired) electrons. The molecular weight excluding hydrogens is 305 g/mol. The number of hydrogen-bond acceptors (Lipinski definition) is 4. The van der Waals surface area contributed by atoms with E-state index >= 15 is 0 Å². The van der Waals surface area contributed by atoms with E-state index in [-0.39, 0.29) is 19.3 Å². The van der Waals surface area contributed by atoms with Gasteiger partial charge in [0, 0.05) is 0 Å². The second-order valence-electron chi connectivity index (χ2n) is 6.34. The quantitative estimate of drug-likeness (QED) is 0.905. The summed E-state index contributed by atoms with van der Waals surface area (Å²) < 4.78 is 38.4.